The van der Waals surface area contributed by atoms with Crippen molar-refractivity contribution in [3.63, 3.8) is 0 Å². The first-order valence-electron chi connectivity index (χ1n) is 5.72. The van der Waals surface area contributed by atoms with E-state index >= 15 is 0 Å². The van der Waals surface area contributed by atoms with Crippen LogP contribution in [-0.4, -0.2) is 44.5 Å². The van der Waals surface area contributed by atoms with Crippen LogP contribution in [0, 0.1) is 6.92 Å². The molecule has 0 radical (unpaired) electrons. The van der Waals surface area contributed by atoms with Gasteiger partial charge in [-0.05, 0) is 23.9 Å². The minimum absolute atomic E-state index is 0. The number of nitrogens with one attached hydrogen (secondary N) is 2. The lowest BCUT2D eigenvalue weighted by Crippen LogP contribution is -2.42. The van der Waals surface area contributed by atoms with Crippen LogP contribution in [0.2, 0.25) is 0 Å². The highest BCUT2D eigenvalue weighted by atomic mass is 127. The van der Waals surface area contributed by atoms with Crippen LogP contribution in [0.4, 0.5) is 0 Å². The van der Waals surface area contributed by atoms with Gasteiger partial charge in [-0.1, -0.05) is 0 Å². The molecule has 1 heterocycles. The number of thiophene rings is 1. The Balaban J connectivity index is 0.00000324. The van der Waals surface area contributed by atoms with E-state index in [0.29, 0.717) is 5.96 Å². The Hall–Kier alpha value is -0.830. The monoisotopic (exact) mass is 396 g/mol. The molecule has 0 aromatic carbocycles. The summed E-state index contributed by atoms with van der Waals surface area (Å²) in [5.74, 6) is 0.656. The molecule has 0 unspecified atom stereocenters. The van der Waals surface area contributed by atoms with Crippen LogP contribution in [0.25, 0.3) is 0 Å². The number of amides is 1. The molecule has 0 saturated heterocycles. The second-order valence-electron chi connectivity index (χ2n) is 4.09. The third-order valence-electron chi connectivity index (χ3n) is 2.51. The molecule has 1 aromatic rings. The summed E-state index contributed by atoms with van der Waals surface area (Å²) in [6.45, 7) is 3.05. The van der Waals surface area contributed by atoms with E-state index in [1.54, 1.807) is 37.4 Å². The zero-order valence-corrected chi connectivity index (χ0v) is 14.8. The number of guanidine groups is 1. The molecule has 1 aromatic heterocycles. The molecular weight excluding hydrogens is 375 g/mol. The van der Waals surface area contributed by atoms with Crippen molar-refractivity contribution < 1.29 is 4.79 Å². The summed E-state index contributed by atoms with van der Waals surface area (Å²) in [5, 5.41) is 8.24. The van der Waals surface area contributed by atoms with Crippen molar-refractivity contribution in [2.24, 2.45) is 4.99 Å². The zero-order valence-electron chi connectivity index (χ0n) is 11.7. The lowest BCUT2D eigenvalue weighted by atomic mass is 10.3. The normalized spacial score (nSPS) is 10.6. The SMILES string of the molecule is CN=C(NCC(=O)N(C)C)NCc1sccc1C.I. The summed E-state index contributed by atoms with van der Waals surface area (Å²) < 4.78 is 0. The van der Waals surface area contributed by atoms with E-state index in [2.05, 4.69) is 34.0 Å². The number of rotatable bonds is 4. The summed E-state index contributed by atoms with van der Waals surface area (Å²) in [5.41, 5.74) is 1.27. The lowest BCUT2D eigenvalue weighted by molar-refractivity contribution is -0.127. The largest absolute Gasteiger partial charge is 0.352 e. The fourth-order valence-electron chi connectivity index (χ4n) is 1.29. The van der Waals surface area contributed by atoms with Gasteiger partial charge in [-0.15, -0.1) is 35.3 Å². The molecule has 0 aliphatic rings. The van der Waals surface area contributed by atoms with E-state index < -0.39 is 0 Å². The average molecular weight is 396 g/mol. The molecule has 0 aliphatic carbocycles. The number of nitrogens with zero attached hydrogens (tertiary/aromatic N) is 2. The van der Waals surface area contributed by atoms with Crippen molar-refractivity contribution >= 4 is 47.2 Å². The van der Waals surface area contributed by atoms with Crippen molar-refractivity contribution in [1.82, 2.24) is 15.5 Å². The minimum atomic E-state index is 0. The van der Waals surface area contributed by atoms with Gasteiger partial charge in [0.05, 0.1) is 13.1 Å². The minimum Gasteiger partial charge on any atom is -0.352 e. The van der Waals surface area contributed by atoms with Gasteiger partial charge >= 0.3 is 0 Å². The van der Waals surface area contributed by atoms with E-state index in [-0.39, 0.29) is 36.4 Å². The molecule has 5 nitrogen and oxygen atoms in total. The smallest absolute Gasteiger partial charge is 0.241 e. The molecule has 0 saturated carbocycles. The van der Waals surface area contributed by atoms with Crippen molar-refractivity contribution in [3.8, 4) is 0 Å². The number of halogens is 1. The Labute approximate surface area is 135 Å². The Kier molecular flexibility index (Phi) is 8.73. The van der Waals surface area contributed by atoms with Gasteiger partial charge in [0.2, 0.25) is 5.91 Å². The number of aliphatic imine (C=N–C) groups is 1. The molecule has 0 bridgehead atoms. The van der Waals surface area contributed by atoms with Gasteiger partial charge in [0.25, 0.3) is 0 Å². The molecule has 2 N–H and O–H groups in total. The first-order chi connectivity index (χ1) is 8.54. The highest BCUT2D eigenvalue weighted by molar-refractivity contribution is 14.0. The summed E-state index contributed by atoms with van der Waals surface area (Å²) in [6.07, 6.45) is 0. The van der Waals surface area contributed by atoms with Gasteiger partial charge in [-0.25, -0.2) is 0 Å². The van der Waals surface area contributed by atoms with Crippen LogP contribution in [-0.2, 0) is 11.3 Å². The van der Waals surface area contributed by atoms with Crippen LogP contribution >= 0.6 is 35.3 Å². The molecule has 0 atom stereocenters. The number of hydrogen-bond donors (Lipinski definition) is 2. The average Bonchev–Trinajstić information content (AvgIpc) is 2.74. The second-order valence-corrected chi connectivity index (χ2v) is 5.09. The predicted octanol–water partition coefficient (Wildman–Crippen LogP) is 1.43. The van der Waals surface area contributed by atoms with Crippen molar-refractivity contribution in [3.05, 3.63) is 21.9 Å². The third-order valence-corrected chi connectivity index (χ3v) is 3.54. The molecule has 19 heavy (non-hydrogen) atoms. The molecule has 0 aliphatic heterocycles. The Bertz CT molecular complexity index is 431. The van der Waals surface area contributed by atoms with Gasteiger partial charge in [0, 0.05) is 26.0 Å². The first-order valence-corrected chi connectivity index (χ1v) is 6.60. The number of aryl methyl sites for hydroxylation is 1. The molecule has 7 heteroatoms. The Morgan fingerprint density at radius 2 is 2.11 bits per heavy atom. The van der Waals surface area contributed by atoms with Crippen molar-refractivity contribution in [2.45, 2.75) is 13.5 Å². The van der Waals surface area contributed by atoms with Crippen molar-refractivity contribution in [1.29, 1.82) is 0 Å². The zero-order chi connectivity index (χ0) is 13.5. The van der Waals surface area contributed by atoms with Gasteiger partial charge in [-0.3, -0.25) is 9.79 Å². The number of likely N-dealkylation sites (N-methyl/N-ethyl adjacent to an activating group) is 1. The fraction of sp³-hybridized carbons (Fsp3) is 0.500. The highest BCUT2D eigenvalue weighted by Crippen LogP contribution is 2.14. The fourth-order valence-corrected chi connectivity index (χ4v) is 2.13. The maximum absolute atomic E-state index is 11.4. The highest BCUT2D eigenvalue weighted by Gasteiger charge is 2.06. The summed E-state index contributed by atoms with van der Waals surface area (Å²) in [7, 11) is 5.15. The second kappa shape index (κ2) is 9.13. The van der Waals surface area contributed by atoms with Gasteiger partial charge < -0.3 is 15.5 Å². The molecule has 0 spiro atoms. The van der Waals surface area contributed by atoms with E-state index in [9.17, 15) is 4.79 Å². The maximum Gasteiger partial charge on any atom is 0.241 e. The van der Waals surface area contributed by atoms with Crippen LogP contribution in [0.5, 0.6) is 0 Å². The third kappa shape index (κ3) is 6.24. The summed E-state index contributed by atoms with van der Waals surface area (Å²) >= 11 is 1.71. The van der Waals surface area contributed by atoms with Crippen LogP contribution in [0.1, 0.15) is 10.4 Å². The quantitative estimate of drug-likeness (QED) is 0.460. The molecular formula is C12H21IN4OS. The van der Waals surface area contributed by atoms with E-state index in [1.807, 2.05) is 0 Å². The Morgan fingerprint density at radius 1 is 1.42 bits per heavy atom. The van der Waals surface area contributed by atoms with Gasteiger partial charge in [-0.2, -0.15) is 0 Å². The molecule has 1 amide bonds. The van der Waals surface area contributed by atoms with Crippen LogP contribution < -0.4 is 10.6 Å². The number of carbonyl (C=O) groups excluding carboxylic acids is 1. The summed E-state index contributed by atoms with van der Waals surface area (Å²) in [4.78, 5) is 18.3. The maximum atomic E-state index is 11.4. The first kappa shape index (κ1) is 18.2. The van der Waals surface area contributed by atoms with E-state index in [1.165, 1.54) is 10.4 Å². The predicted molar refractivity (Wildman–Crippen MR) is 91.4 cm³/mol. The number of hydrogen-bond acceptors (Lipinski definition) is 3. The van der Waals surface area contributed by atoms with Gasteiger partial charge in [0.1, 0.15) is 0 Å². The molecule has 108 valence electrons. The standard InChI is InChI=1S/C12H20N4OS.HI/c1-9-5-6-18-10(9)7-14-12(13-2)15-8-11(17)16(3)4;/h5-6H,7-8H2,1-4H3,(H2,13,14,15);1H. The topological polar surface area (TPSA) is 56.7 Å². The van der Waals surface area contributed by atoms with Gasteiger partial charge in [0.15, 0.2) is 5.96 Å². The number of carbonyl (C=O) groups is 1. The lowest BCUT2D eigenvalue weighted by Gasteiger charge is -2.14. The molecule has 0 fully saturated rings. The van der Waals surface area contributed by atoms with E-state index in [4.69, 9.17) is 0 Å². The summed E-state index contributed by atoms with van der Waals surface area (Å²) in [6, 6.07) is 2.09. The Morgan fingerprint density at radius 3 is 2.58 bits per heavy atom. The molecule has 1 rings (SSSR count). The van der Waals surface area contributed by atoms with Crippen molar-refractivity contribution in [2.75, 3.05) is 27.7 Å². The van der Waals surface area contributed by atoms with Crippen LogP contribution in [0.3, 0.4) is 0 Å². The van der Waals surface area contributed by atoms with E-state index in [0.717, 1.165) is 6.54 Å². The van der Waals surface area contributed by atoms with Crippen LogP contribution in [0.15, 0.2) is 16.4 Å².